The van der Waals surface area contributed by atoms with Crippen LogP contribution in [0.2, 0.25) is 0 Å². The van der Waals surface area contributed by atoms with E-state index in [0.717, 1.165) is 24.0 Å². The molecule has 0 amide bonds. The number of hydrogen-bond acceptors (Lipinski definition) is 3. The fourth-order valence-corrected chi connectivity index (χ4v) is 2.74. The molecule has 1 aliphatic carbocycles. The molecule has 1 aliphatic rings. The Kier molecular flexibility index (Phi) is 3.15. The Morgan fingerprint density at radius 3 is 2.71 bits per heavy atom. The zero-order valence-corrected chi connectivity index (χ0v) is 10.0. The highest BCUT2D eigenvalue weighted by atomic mass is 16.4. The van der Waals surface area contributed by atoms with Gasteiger partial charge in [-0.2, -0.15) is 0 Å². The third kappa shape index (κ3) is 2.05. The Balaban J connectivity index is 2.42. The Morgan fingerprint density at radius 1 is 1.53 bits per heavy atom. The van der Waals surface area contributed by atoms with Gasteiger partial charge in [0, 0.05) is 18.4 Å². The summed E-state index contributed by atoms with van der Waals surface area (Å²) in [6, 6.07) is 1.98. The fourth-order valence-electron chi connectivity index (χ4n) is 2.74. The molecular weight excluding hydrogens is 216 g/mol. The van der Waals surface area contributed by atoms with Gasteiger partial charge in [-0.25, -0.2) is 0 Å². The summed E-state index contributed by atoms with van der Waals surface area (Å²) in [6.07, 6.45) is 6.18. The molecule has 1 fully saturated rings. The van der Waals surface area contributed by atoms with Crippen molar-refractivity contribution >= 4 is 5.97 Å². The van der Waals surface area contributed by atoms with Crippen LogP contribution in [0.25, 0.3) is 0 Å². The van der Waals surface area contributed by atoms with Gasteiger partial charge in [0.05, 0.1) is 5.41 Å². The first-order valence-corrected chi connectivity index (χ1v) is 5.96. The first-order chi connectivity index (χ1) is 8.06. The predicted octanol–water partition coefficient (Wildman–Crippen LogP) is 1.61. The molecule has 1 aromatic heterocycles. The van der Waals surface area contributed by atoms with Crippen LogP contribution in [-0.4, -0.2) is 22.1 Å². The molecule has 0 aromatic carbocycles. The van der Waals surface area contributed by atoms with Crippen molar-refractivity contribution in [2.24, 2.45) is 5.73 Å². The number of pyridine rings is 1. The predicted molar refractivity (Wildman–Crippen MR) is 64.7 cm³/mol. The van der Waals surface area contributed by atoms with Crippen LogP contribution in [0.3, 0.4) is 0 Å². The minimum atomic E-state index is -0.761. The summed E-state index contributed by atoms with van der Waals surface area (Å²) >= 11 is 0. The molecule has 4 heteroatoms. The number of carboxylic acids is 1. The van der Waals surface area contributed by atoms with Gasteiger partial charge in [-0.15, -0.1) is 0 Å². The van der Waals surface area contributed by atoms with Crippen molar-refractivity contribution in [3.8, 4) is 0 Å². The van der Waals surface area contributed by atoms with Crippen LogP contribution >= 0.6 is 0 Å². The molecule has 0 atom stereocenters. The van der Waals surface area contributed by atoms with Crippen molar-refractivity contribution in [3.05, 3.63) is 29.6 Å². The molecule has 1 heterocycles. The zero-order chi connectivity index (χ0) is 12.5. The van der Waals surface area contributed by atoms with Crippen LogP contribution < -0.4 is 5.73 Å². The molecule has 0 radical (unpaired) electrons. The minimum Gasteiger partial charge on any atom is -0.481 e. The van der Waals surface area contributed by atoms with Crippen molar-refractivity contribution in [3.63, 3.8) is 0 Å². The van der Waals surface area contributed by atoms with Gasteiger partial charge in [0.25, 0.3) is 0 Å². The molecule has 0 bridgehead atoms. The number of carboxylic acid groups (broad SMARTS) is 1. The van der Waals surface area contributed by atoms with Crippen molar-refractivity contribution in [2.75, 3.05) is 0 Å². The van der Waals surface area contributed by atoms with E-state index in [4.69, 9.17) is 5.73 Å². The second-order valence-corrected chi connectivity index (χ2v) is 4.92. The lowest BCUT2D eigenvalue weighted by atomic mass is 9.67. The third-order valence-corrected chi connectivity index (χ3v) is 3.83. The molecule has 0 aliphatic heterocycles. The number of aryl methyl sites for hydroxylation is 1. The van der Waals surface area contributed by atoms with E-state index in [-0.39, 0.29) is 6.04 Å². The summed E-state index contributed by atoms with van der Waals surface area (Å²) in [5.41, 5.74) is 6.95. The fraction of sp³-hybridized carbons (Fsp3) is 0.538. The van der Waals surface area contributed by atoms with E-state index < -0.39 is 11.4 Å². The quantitative estimate of drug-likeness (QED) is 0.815. The Labute approximate surface area is 101 Å². The van der Waals surface area contributed by atoms with E-state index in [1.807, 2.05) is 13.0 Å². The van der Waals surface area contributed by atoms with E-state index >= 15 is 0 Å². The second kappa shape index (κ2) is 4.45. The lowest BCUT2D eigenvalue weighted by molar-refractivity contribution is -0.145. The van der Waals surface area contributed by atoms with E-state index in [2.05, 4.69) is 4.98 Å². The monoisotopic (exact) mass is 234 g/mol. The van der Waals surface area contributed by atoms with Gasteiger partial charge in [0.1, 0.15) is 0 Å². The first-order valence-electron chi connectivity index (χ1n) is 5.96. The molecule has 0 saturated heterocycles. The summed E-state index contributed by atoms with van der Waals surface area (Å²) in [5, 5.41) is 9.59. The van der Waals surface area contributed by atoms with Crippen molar-refractivity contribution in [2.45, 2.75) is 44.1 Å². The summed E-state index contributed by atoms with van der Waals surface area (Å²) in [7, 11) is 0. The van der Waals surface area contributed by atoms with Crippen molar-refractivity contribution < 1.29 is 9.90 Å². The number of aromatic nitrogens is 1. The maximum Gasteiger partial charge on any atom is 0.314 e. The van der Waals surface area contributed by atoms with E-state index in [1.54, 1.807) is 12.4 Å². The Morgan fingerprint density at radius 2 is 2.18 bits per heavy atom. The normalized spacial score (nSPS) is 28.9. The van der Waals surface area contributed by atoms with Crippen molar-refractivity contribution in [1.29, 1.82) is 0 Å². The molecule has 17 heavy (non-hydrogen) atoms. The topological polar surface area (TPSA) is 76.2 Å². The van der Waals surface area contributed by atoms with Crippen LogP contribution in [0.15, 0.2) is 18.5 Å². The Bertz CT molecular complexity index is 423. The molecule has 1 saturated carbocycles. The van der Waals surface area contributed by atoms with Gasteiger partial charge in [0.2, 0.25) is 0 Å². The van der Waals surface area contributed by atoms with Gasteiger partial charge in [0.15, 0.2) is 0 Å². The highest BCUT2D eigenvalue weighted by Crippen LogP contribution is 2.40. The largest absolute Gasteiger partial charge is 0.481 e. The summed E-state index contributed by atoms with van der Waals surface area (Å²) in [5.74, 6) is -0.737. The van der Waals surface area contributed by atoms with E-state index in [1.165, 1.54) is 0 Å². The second-order valence-electron chi connectivity index (χ2n) is 4.92. The van der Waals surface area contributed by atoms with Gasteiger partial charge in [-0.3, -0.25) is 9.78 Å². The lowest BCUT2D eigenvalue weighted by Crippen LogP contribution is -2.43. The highest BCUT2D eigenvalue weighted by Gasteiger charge is 2.43. The van der Waals surface area contributed by atoms with Gasteiger partial charge in [-0.05, 0) is 49.8 Å². The molecular formula is C13H18N2O2. The highest BCUT2D eigenvalue weighted by molar-refractivity contribution is 5.82. The lowest BCUT2D eigenvalue weighted by Gasteiger charge is -2.36. The van der Waals surface area contributed by atoms with Gasteiger partial charge in [-0.1, -0.05) is 0 Å². The zero-order valence-electron chi connectivity index (χ0n) is 10.0. The summed E-state index contributed by atoms with van der Waals surface area (Å²) in [6.45, 7) is 1.92. The average Bonchev–Trinajstić information content (AvgIpc) is 2.31. The third-order valence-electron chi connectivity index (χ3n) is 3.83. The molecule has 2 rings (SSSR count). The van der Waals surface area contributed by atoms with Gasteiger partial charge < -0.3 is 10.8 Å². The maximum atomic E-state index is 11.7. The maximum absolute atomic E-state index is 11.7. The smallest absolute Gasteiger partial charge is 0.314 e. The molecule has 4 nitrogen and oxygen atoms in total. The number of nitrogens with zero attached hydrogens (tertiary/aromatic N) is 1. The molecule has 0 unspecified atom stereocenters. The van der Waals surface area contributed by atoms with E-state index in [9.17, 15) is 9.90 Å². The summed E-state index contributed by atoms with van der Waals surface area (Å²) in [4.78, 5) is 15.7. The van der Waals surface area contributed by atoms with Crippen LogP contribution in [0.5, 0.6) is 0 Å². The standard InChI is InChI=1S/C13H18N2O2/c1-9-8-15-7-4-11(9)13(12(16)17)5-2-10(14)3-6-13/h4,7-8,10H,2-3,5-6,14H2,1H3,(H,16,17). The molecule has 1 aromatic rings. The molecule has 92 valence electrons. The van der Waals surface area contributed by atoms with Gasteiger partial charge >= 0.3 is 5.97 Å². The molecule has 3 N–H and O–H groups in total. The Hall–Kier alpha value is -1.42. The first kappa shape index (κ1) is 12.0. The van der Waals surface area contributed by atoms with Crippen LogP contribution in [0, 0.1) is 6.92 Å². The molecule has 0 spiro atoms. The minimum absolute atomic E-state index is 0.143. The number of nitrogens with two attached hydrogens (primary N) is 1. The van der Waals surface area contributed by atoms with Crippen LogP contribution in [-0.2, 0) is 10.2 Å². The van der Waals surface area contributed by atoms with E-state index in [0.29, 0.717) is 12.8 Å². The number of carbonyl (C=O) groups is 1. The number of rotatable bonds is 2. The SMILES string of the molecule is Cc1cnccc1C1(C(=O)O)CCC(N)CC1. The number of hydrogen-bond donors (Lipinski definition) is 2. The summed E-state index contributed by atoms with van der Waals surface area (Å²) < 4.78 is 0. The number of aliphatic carboxylic acids is 1. The van der Waals surface area contributed by atoms with Crippen LogP contribution in [0.4, 0.5) is 0 Å². The van der Waals surface area contributed by atoms with Crippen molar-refractivity contribution in [1.82, 2.24) is 4.98 Å². The van der Waals surface area contributed by atoms with Crippen LogP contribution in [0.1, 0.15) is 36.8 Å². The average molecular weight is 234 g/mol.